The normalized spacial score (nSPS) is 12.5. The summed E-state index contributed by atoms with van der Waals surface area (Å²) < 4.78 is 1.82. The molecule has 1 heterocycles. The first-order valence-electron chi connectivity index (χ1n) is 3.56. The monoisotopic (exact) mass is 187 g/mol. The molecule has 5 heteroatoms. The van der Waals surface area contributed by atoms with E-state index in [0.717, 1.165) is 0 Å². The summed E-state index contributed by atoms with van der Waals surface area (Å²) in [6, 6.07) is 0.248. The molecule has 0 saturated carbocycles. The average molecular weight is 188 g/mol. The van der Waals surface area contributed by atoms with Crippen molar-refractivity contribution in [3.63, 3.8) is 0 Å². The number of hydrogen-bond acceptors (Lipinski definition) is 3. The van der Waals surface area contributed by atoms with Gasteiger partial charge in [-0.3, -0.25) is 0 Å². The van der Waals surface area contributed by atoms with Crippen LogP contribution >= 0.6 is 11.6 Å². The molecular weight excluding hydrogens is 178 g/mol. The molecule has 1 N–H and O–H groups in total. The number of aromatic nitrogens is 2. The molecule has 66 valence electrons. The summed E-state index contributed by atoms with van der Waals surface area (Å²) in [6.07, 6.45) is 3.20. The summed E-state index contributed by atoms with van der Waals surface area (Å²) in [5.74, 6) is 0. The van der Waals surface area contributed by atoms with Gasteiger partial charge in [0.25, 0.3) is 0 Å². The summed E-state index contributed by atoms with van der Waals surface area (Å²) in [5.41, 5.74) is 0.620. The van der Waals surface area contributed by atoms with Crippen LogP contribution in [-0.4, -0.2) is 19.9 Å². The number of rotatable bonds is 2. The summed E-state index contributed by atoms with van der Waals surface area (Å²) in [4.78, 5) is 3.90. The molecule has 1 aromatic rings. The van der Waals surface area contributed by atoms with Gasteiger partial charge in [-0.1, -0.05) is 16.8 Å². The van der Waals surface area contributed by atoms with Crippen LogP contribution in [0.5, 0.6) is 0 Å². The topological polar surface area (TPSA) is 50.4 Å². The van der Waals surface area contributed by atoms with E-state index in [1.807, 2.05) is 18.4 Å². The van der Waals surface area contributed by atoms with E-state index in [0.29, 0.717) is 5.69 Å². The van der Waals surface area contributed by atoms with Crippen LogP contribution in [-0.2, 0) is 0 Å². The average Bonchev–Trinajstić information content (AvgIpc) is 2.50. The highest BCUT2D eigenvalue weighted by atomic mass is 35.5. The lowest BCUT2D eigenvalue weighted by molar-refractivity contribution is 0.320. The standard InChI is InChI=1S/C7H10ClN3O/c1-5(2)11-4-9-3-6(11)7(8)10-12/h3-5,12H,1-2H3/b10-7-. The fourth-order valence-electron chi connectivity index (χ4n) is 0.927. The van der Waals surface area contributed by atoms with Crippen LogP contribution < -0.4 is 0 Å². The fraction of sp³-hybridized carbons (Fsp3) is 0.429. The Morgan fingerprint density at radius 1 is 1.75 bits per heavy atom. The van der Waals surface area contributed by atoms with Gasteiger partial charge in [0.2, 0.25) is 0 Å². The zero-order chi connectivity index (χ0) is 9.14. The maximum atomic E-state index is 8.43. The largest absolute Gasteiger partial charge is 0.410 e. The third kappa shape index (κ3) is 1.58. The van der Waals surface area contributed by atoms with E-state index in [-0.39, 0.29) is 11.2 Å². The van der Waals surface area contributed by atoms with Crippen molar-refractivity contribution >= 4 is 16.8 Å². The maximum Gasteiger partial charge on any atom is 0.193 e. The Bertz CT molecular complexity index is 293. The highest BCUT2D eigenvalue weighted by Gasteiger charge is 2.09. The molecule has 4 nitrogen and oxygen atoms in total. The molecule has 0 spiro atoms. The molecule has 0 aliphatic rings. The molecule has 0 radical (unpaired) electrons. The van der Waals surface area contributed by atoms with Crippen molar-refractivity contribution < 1.29 is 5.21 Å². The lowest BCUT2D eigenvalue weighted by Gasteiger charge is -2.08. The molecule has 0 aliphatic carbocycles. The zero-order valence-electron chi connectivity index (χ0n) is 6.90. The minimum Gasteiger partial charge on any atom is -0.410 e. The van der Waals surface area contributed by atoms with Crippen molar-refractivity contribution in [3.8, 4) is 0 Å². The van der Waals surface area contributed by atoms with Gasteiger partial charge in [-0.05, 0) is 13.8 Å². The summed E-state index contributed by atoms with van der Waals surface area (Å²) in [6.45, 7) is 3.99. The van der Waals surface area contributed by atoms with Crippen LogP contribution in [0, 0.1) is 0 Å². The Kier molecular flexibility index (Phi) is 2.70. The Hall–Kier alpha value is -1.03. The highest BCUT2D eigenvalue weighted by molar-refractivity contribution is 6.69. The second-order valence-corrected chi connectivity index (χ2v) is 3.03. The number of oxime groups is 1. The number of hydrogen-bond donors (Lipinski definition) is 1. The third-order valence-corrected chi connectivity index (χ3v) is 1.79. The summed E-state index contributed by atoms with van der Waals surface area (Å²) in [7, 11) is 0. The summed E-state index contributed by atoms with van der Waals surface area (Å²) in [5, 5.41) is 11.4. The van der Waals surface area contributed by atoms with Crippen molar-refractivity contribution in [2.24, 2.45) is 5.16 Å². The van der Waals surface area contributed by atoms with E-state index in [1.54, 1.807) is 12.5 Å². The quantitative estimate of drug-likeness (QED) is 0.436. The summed E-state index contributed by atoms with van der Waals surface area (Å²) >= 11 is 5.62. The second-order valence-electron chi connectivity index (χ2n) is 2.67. The first-order chi connectivity index (χ1) is 5.66. The van der Waals surface area contributed by atoms with Crippen molar-refractivity contribution in [2.45, 2.75) is 19.9 Å². The van der Waals surface area contributed by atoms with Crippen LogP contribution in [0.1, 0.15) is 25.6 Å². The van der Waals surface area contributed by atoms with Gasteiger partial charge in [0, 0.05) is 6.04 Å². The van der Waals surface area contributed by atoms with Gasteiger partial charge in [0.1, 0.15) is 5.69 Å². The number of nitrogens with zero attached hydrogens (tertiary/aromatic N) is 3. The molecule has 12 heavy (non-hydrogen) atoms. The number of halogens is 1. The molecule has 0 unspecified atom stereocenters. The maximum absolute atomic E-state index is 8.43. The van der Waals surface area contributed by atoms with Crippen LogP contribution in [0.2, 0.25) is 0 Å². The van der Waals surface area contributed by atoms with Gasteiger partial charge >= 0.3 is 0 Å². The van der Waals surface area contributed by atoms with E-state index in [4.69, 9.17) is 16.8 Å². The highest BCUT2D eigenvalue weighted by Crippen LogP contribution is 2.11. The lowest BCUT2D eigenvalue weighted by atomic mass is 10.3. The molecule has 0 atom stereocenters. The van der Waals surface area contributed by atoms with Gasteiger partial charge < -0.3 is 9.77 Å². The third-order valence-electron chi connectivity index (χ3n) is 1.52. The van der Waals surface area contributed by atoms with E-state index in [2.05, 4.69) is 10.1 Å². The minimum atomic E-state index is 0.0567. The predicted octanol–water partition coefficient (Wildman–Crippen LogP) is 1.84. The first-order valence-corrected chi connectivity index (χ1v) is 3.94. The smallest absolute Gasteiger partial charge is 0.193 e. The second kappa shape index (κ2) is 3.58. The molecule has 0 saturated heterocycles. The molecular formula is C7H10ClN3O. The van der Waals surface area contributed by atoms with Crippen LogP contribution in [0.3, 0.4) is 0 Å². The molecule has 0 bridgehead atoms. The van der Waals surface area contributed by atoms with E-state index >= 15 is 0 Å². The minimum absolute atomic E-state index is 0.0567. The van der Waals surface area contributed by atoms with E-state index in [9.17, 15) is 0 Å². The Labute approximate surface area is 75.5 Å². The van der Waals surface area contributed by atoms with E-state index < -0.39 is 0 Å². The van der Waals surface area contributed by atoms with Crippen molar-refractivity contribution in [1.82, 2.24) is 9.55 Å². The fourth-order valence-corrected chi connectivity index (χ4v) is 1.07. The van der Waals surface area contributed by atoms with Crippen LogP contribution in [0.4, 0.5) is 0 Å². The van der Waals surface area contributed by atoms with Crippen LogP contribution in [0.15, 0.2) is 17.7 Å². The van der Waals surface area contributed by atoms with E-state index in [1.165, 1.54) is 0 Å². The molecule has 0 amide bonds. The van der Waals surface area contributed by atoms with Gasteiger partial charge in [0.05, 0.1) is 12.5 Å². The predicted molar refractivity (Wildman–Crippen MR) is 46.8 cm³/mol. The molecule has 0 aliphatic heterocycles. The van der Waals surface area contributed by atoms with Crippen molar-refractivity contribution in [3.05, 3.63) is 18.2 Å². The molecule has 0 fully saturated rings. The Morgan fingerprint density at radius 2 is 2.42 bits per heavy atom. The first kappa shape index (κ1) is 9.06. The SMILES string of the molecule is CC(C)n1cncc1/C(Cl)=N/O. The van der Waals surface area contributed by atoms with Gasteiger partial charge in [-0.25, -0.2) is 4.98 Å². The lowest BCUT2D eigenvalue weighted by Crippen LogP contribution is -2.06. The Morgan fingerprint density at radius 3 is 2.92 bits per heavy atom. The van der Waals surface area contributed by atoms with Crippen LogP contribution in [0.25, 0.3) is 0 Å². The van der Waals surface area contributed by atoms with Gasteiger partial charge in [-0.15, -0.1) is 0 Å². The molecule has 1 aromatic heterocycles. The molecule has 1 rings (SSSR count). The van der Waals surface area contributed by atoms with Gasteiger partial charge in [-0.2, -0.15) is 0 Å². The zero-order valence-corrected chi connectivity index (χ0v) is 7.65. The van der Waals surface area contributed by atoms with Gasteiger partial charge in [0.15, 0.2) is 5.17 Å². The van der Waals surface area contributed by atoms with Crippen molar-refractivity contribution in [1.29, 1.82) is 0 Å². The molecule has 0 aromatic carbocycles. The number of imidazole rings is 1. The Balaban J connectivity index is 3.07. The van der Waals surface area contributed by atoms with Crippen molar-refractivity contribution in [2.75, 3.05) is 0 Å².